The maximum absolute atomic E-state index is 12.8. The summed E-state index contributed by atoms with van der Waals surface area (Å²) in [6, 6.07) is 17.6. The van der Waals surface area contributed by atoms with Crippen LogP contribution < -0.4 is 5.32 Å². The summed E-state index contributed by atoms with van der Waals surface area (Å²) in [5.74, 6) is 0.0231. The Balaban J connectivity index is 1.70. The number of pyridine rings is 1. The van der Waals surface area contributed by atoms with E-state index >= 15 is 0 Å². The summed E-state index contributed by atoms with van der Waals surface area (Å²) < 4.78 is 0. The number of carbonyl (C=O) groups excluding carboxylic acids is 1. The van der Waals surface area contributed by atoms with Gasteiger partial charge in [-0.1, -0.05) is 24.3 Å². The van der Waals surface area contributed by atoms with Crippen molar-refractivity contribution in [1.82, 2.24) is 9.88 Å². The van der Waals surface area contributed by atoms with Crippen LogP contribution in [0, 0.1) is 0 Å². The maximum atomic E-state index is 12.8. The van der Waals surface area contributed by atoms with Crippen LogP contribution in [0.4, 0.5) is 5.69 Å². The number of carbonyl (C=O) groups is 1. The number of benzene rings is 1. The second-order valence-electron chi connectivity index (χ2n) is 5.36. The largest absolute Gasteiger partial charge is 0.360 e. The Bertz CT molecular complexity index is 817. The van der Waals surface area contributed by atoms with E-state index in [0.717, 1.165) is 16.3 Å². The Labute approximate surface area is 138 Å². The summed E-state index contributed by atoms with van der Waals surface area (Å²) in [6.45, 7) is 0.581. The van der Waals surface area contributed by atoms with E-state index in [4.69, 9.17) is 0 Å². The molecule has 4 rings (SSSR count). The van der Waals surface area contributed by atoms with E-state index in [1.807, 2.05) is 64.9 Å². The standard InChI is InChI=1S/C18H15N3OS/c22-18-15-9-4-10-19-16(15)17(20-13-6-2-1-3-7-13)21(18)12-14-8-5-11-23-14/h1-11,17,20H,12H2. The average molecular weight is 321 g/mol. The van der Waals surface area contributed by atoms with Gasteiger partial charge in [0.1, 0.15) is 6.17 Å². The van der Waals surface area contributed by atoms with Crippen molar-refractivity contribution >= 4 is 22.9 Å². The van der Waals surface area contributed by atoms with Crippen LogP contribution in [-0.2, 0) is 6.54 Å². The molecule has 0 saturated carbocycles. The Kier molecular flexibility index (Phi) is 3.55. The van der Waals surface area contributed by atoms with Crippen molar-refractivity contribution < 1.29 is 4.79 Å². The number of hydrogen-bond acceptors (Lipinski definition) is 4. The topological polar surface area (TPSA) is 45.2 Å². The highest BCUT2D eigenvalue weighted by molar-refractivity contribution is 7.09. The molecular formula is C18H15N3OS. The summed E-state index contributed by atoms with van der Waals surface area (Å²) in [5.41, 5.74) is 2.44. The van der Waals surface area contributed by atoms with Gasteiger partial charge in [-0.05, 0) is 35.7 Å². The molecule has 1 atom stereocenters. The molecule has 1 N–H and O–H groups in total. The van der Waals surface area contributed by atoms with Gasteiger partial charge in [-0.15, -0.1) is 11.3 Å². The first-order valence-electron chi connectivity index (χ1n) is 7.43. The van der Waals surface area contributed by atoms with Crippen LogP contribution >= 0.6 is 11.3 Å². The number of rotatable bonds is 4. The third-order valence-corrected chi connectivity index (χ3v) is 4.75. The van der Waals surface area contributed by atoms with Gasteiger partial charge >= 0.3 is 0 Å². The zero-order valence-corrected chi connectivity index (χ0v) is 13.2. The summed E-state index contributed by atoms with van der Waals surface area (Å²) in [5, 5.41) is 5.47. The van der Waals surface area contributed by atoms with E-state index in [0.29, 0.717) is 12.1 Å². The van der Waals surface area contributed by atoms with Crippen LogP contribution in [0.5, 0.6) is 0 Å². The molecule has 3 aromatic rings. The predicted molar refractivity (Wildman–Crippen MR) is 91.2 cm³/mol. The molecule has 0 saturated heterocycles. The Hall–Kier alpha value is -2.66. The third kappa shape index (κ3) is 2.59. The molecule has 0 fully saturated rings. The van der Waals surface area contributed by atoms with E-state index in [1.165, 1.54) is 0 Å². The zero-order chi connectivity index (χ0) is 15.6. The minimum atomic E-state index is -0.247. The molecule has 1 aliphatic heterocycles. The van der Waals surface area contributed by atoms with E-state index < -0.39 is 0 Å². The fourth-order valence-electron chi connectivity index (χ4n) is 2.81. The predicted octanol–water partition coefficient (Wildman–Crippen LogP) is 3.91. The Morgan fingerprint density at radius 1 is 1.09 bits per heavy atom. The van der Waals surface area contributed by atoms with Gasteiger partial charge in [0.25, 0.3) is 5.91 Å². The van der Waals surface area contributed by atoms with Crippen molar-refractivity contribution in [2.24, 2.45) is 0 Å². The van der Waals surface area contributed by atoms with Gasteiger partial charge in [-0.2, -0.15) is 0 Å². The summed E-state index contributed by atoms with van der Waals surface area (Å²) in [4.78, 5) is 20.2. The van der Waals surface area contributed by atoms with Gasteiger partial charge in [0.15, 0.2) is 0 Å². The number of thiophene rings is 1. The second-order valence-corrected chi connectivity index (χ2v) is 6.39. The molecule has 23 heavy (non-hydrogen) atoms. The van der Waals surface area contributed by atoms with E-state index in [1.54, 1.807) is 17.5 Å². The zero-order valence-electron chi connectivity index (χ0n) is 12.3. The minimum absolute atomic E-state index is 0.0231. The number of para-hydroxylation sites is 1. The van der Waals surface area contributed by atoms with E-state index in [-0.39, 0.29) is 12.1 Å². The maximum Gasteiger partial charge on any atom is 0.258 e. The number of fused-ring (bicyclic) bond motifs is 1. The number of aromatic nitrogens is 1. The molecule has 1 aliphatic rings. The fourth-order valence-corrected chi connectivity index (χ4v) is 3.51. The molecule has 0 spiro atoms. The lowest BCUT2D eigenvalue weighted by atomic mass is 10.2. The molecule has 0 bridgehead atoms. The molecule has 5 heteroatoms. The Morgan fingerprint density at radius 3 is 2.74 bits per heavy atom. The summed E-state index contributed by atoms with van der Waals surface area (Å²) in [7, 11) is 0. The number of anilines is 1. The van der Waals surface area contributed by atoms with Gasteiger partial charge in [0.2, 0.25) is 0 Å². The SMILES string of the molecule is O=C1c2cccnc2C(Nc2ccccc2)N1Cc1cccs1. The van der Waals surface area contributed by atoms with Gasteiger partial charge < -0.3 is 10.2 Å². The first-order valence-corrected chi connectivity index (χ1v) is 8.31. The average Bonchev–Trinajstić information content (AvgIpc) is 3.19. The number of amides is 1. The van der Waals surface area contributed by atoms with Crippen LogP contribution in [0.25, 0.3) is 0 Å². The lowest BCUT2D eigenvalue weighted by molar-refractivity contribution is 0.0729. The number of hydrogen-bond donors (Lipinski definition) is 1. The normalized spacial score (nSPS) is 16.4. The molecule has 1 amide bonds. The van der Waals surface area contributed by atoms with Crippen LogP contribution in [-0.4, -0.2) is 15.8 Å². The lowest BCUT2D eigenvalue weighted by Crippen LogP contribution is -2.31. The highest BCUT2D eigenvalue weighted by Gasteiger charge is 2.37. The smallest absolute Gasteiger partial charge is 0.258 e. The van der Waals surface area contributed by atoms with Crippen LogP contribution in [0.15, 0.2) is 66.2 Å². The van der Waals surface area contributed by atoms with E-state index in [9.17, 15) is 4.79 Å². The number of nitrogens with zero attached hydrogens (tertiary/aromatic N) is 2. The molecule has 4 nitrogen and oxygen atoms in total. The van der Waals surface area contributed by atoms with Gasteiger partial charge in [-0.3, -0.25) is 9.78 Å². The summed E-state index contributed by atoms with van der Waals surface area (Å²) >= 11 is 1.66. The second kappa shape index (κ2) is 5.85. The molecule has 1 unspecified atom stereocenters. The van der Waals surface area contributed by atoms with Crippen molar-refractivity contribution in [2.45, 2.75) is 12.7 Å². The van der Waals surface area contributed by atoms with Gasteiger partial charge in [0, 0.05) is 16.8 Å². The van der Waals surface area contributed by atoms with Gasteiger partial charge in [-0.25, -0.2) is 0 Å². The molecule has 114 valence electrons. The van der Waals surface area contributed by atoms with Crippen molar-refractivity contribution in [3.05, 3.63) is 82.3 Å². The first kappa shape index (κ1) is 14.0. The first-order chi connectivity index (χ1) is 11.3. The lowest BCUT2D eigenvalue weighted by Gasteiger charge is -2.26. The number of nitrogens with one attached hydrogen (secondary N) is 1. The Morgan fingerprint density at radius 2 is 1.96 bits per heavy atom. The highest BCUT2D eigenvalue weighted by Crippen LogP contribution is 2.34. The summed E-state index contributed by atoms with van der Waals surface area (Å²) in [6.07, 6.45) is 1.49. The molecular weight excluding hydrogens is 306 g/mol. The molecule has 1 aromatic carbocycles. The van der Waals surface area contributed by atoms with Crippen LogP contribution in [0.1, 0.15) is 27.1 Å². The molecule has 0 radical (unpaired) electrons. The van der Waals surface area contributed by atoms with Crippen molar-refractivity contribution in [2.75, 3.05) is 5.32 Å². The molecule has 3 heterocycles. The molecule has 2 aromatic heterocycles. The van der Waals surface area contributed by atoms with Crippen LogP contribution in [0.2, 0.25) is 0 Å². The minimum Gasteiger partial charge on any atom is -0.360 e. The van der Waals surface area contributed by atoms with Gasteiger partial charge in [0.05, 0.1) is 17.8 Å². The van der Waals surface area contributed by atoms with Crippen molar-refractivity contribution in [3.63, 3.8) is 0 Å². The van der Waals surface area contributed by atoms with Crippen molar-refractivity contribution in [1.29, 1.82) is 0 Å². The monoisotopic (exact) mass is 321 g/mol. The third-order valence-electron chi connectivity index (χ3n) is 3.88. The highest BCUT2D eigenvalue weighted by atomic mass is 32.1. The molecule has 0 aliphatic carbocycles. The van der Waals surface area contributed by atoms with Crippen molar-refractivity contribution in [3.8, 4) is 0 Å². The quantitative estimate of drug-likeness (QED) is 0.792. The van der Waals surface area contributed by atoms with E-state index in [2.05, 4.69) is 10.3 Å². The fraction of sp³-hybridized carbons (Fsp3) is 0.111. The van der Waals surface area contributed by atoms with Crippen LogP contribution in [0.3, 0.4) is 0 Å².